The van der Waals surface area contributed by atoms with Gasteiger partial charge in [0.2, 0.25) is 11.7 Å². The summed E-state index contributed by atoms with van der Waals surface area (Å²) in [7, 11) is 2.23. The third-order valence-corrected chi connectivity index (χ3v) is 2.49. The van der Waals surface area contributed by atoms with E-state index in [0.717, 1.165) is 14.2 Å². The zero-order valence-corrected chi connectivity index (χ0v) is 11.4. The van der Waals surface area contributed by atoms with Crippen molar-refractivity contribution in [2.24, 2.45) is 5.92 Å². The van der Waals surface area contributed by atoms with Gasteiger partial charge < -0.3 is 14.8 Å². The van der Waals surface area contributed by atoms with Crippen LogP contribution in [0.2, 0.25) is 0 Å². The summed E-state index contributed by atoms with van der Waals surface area (Å²) in [6, 6.07) is 0. The van der Waals surface area contributed by atoms with Gasteiger partial charge in [0, 0.05) is 12.8 Å². The molecule has 0 radical (unpaired) electrons. The molecule has 7 nitrogen and oxygen atoms in total. The van der Waals surface area contributed by atoms with Crippen LogP contribution in [-0.2, 0) is 28.7 Å². The zero-order valence-electron chi connectivity index (χ0n) is 11.4. The Hall–Kier alpha value is -2.36. The molecule has 0 saturated carbocycles. The summed E-state index contributed by atoms with van der Waals surface area (Å²) in [4.78, 5) is 45.3. The number of amides is 1. The van der Waals surface area contributed by atoms with Crippen molar-refractivity contribution in [2.45, 2.75) is 19.3 Å². The van der Waals surface area contributed by atoms with Gasteiger partial charge in [0.1, 0.15) is 0 Å². The van der Waals surface area contributed by atoms with Crippen LogP contribution in [0.1, 0.15) is 19.3 Å². The van der Waals surface area contributed by atoms with Crippen LogP contribution < -0.4 is 5.32 Å². The standard InChI is InChI=1S/C13H17NO6/c1-4-7-14-11(16)6-5-9(12(17)19-2)8-10(15)13(18)20-3/h1,9H,5-8H2,2-3H3,(H,14,16). The number of terminal acetylenes is 1. The molecule has 1 amide bonds. The largest absolute Gasteiger partial charge is 0.469 e. The van der Waals surface area contributed by atoms with Crippen molar-refractivity contribution in [1.82, 2.24) is 5.32 Å². The van der Waals surface area contributed by atoms with Crippen LogP contribution in [0.3, 0.4) is 0 Å². The first-order valence-electron chi connectivity index (χ1n) is 5.85. The highest BCUT2D eigenvalue weighted by Crippen LogP contribution is 2.14. The van der Waals surface area contributed by atoms with Crippen molar-refractivity contribution in [3.63, 3.8) is 0 Å². The van der Waals surface area contributed by atoms with E-state index in [9.17, 15) is 19.2 Å². The molecule has 7 heteroatoms. The normalized spacial score (nSPS) is 10.8. The molecule has 110 valence electrons. The van der Waals surface area contributed by atoms with Crippen LogP contribution in [0.15, 0.2) is 0 Å². The second-order valence-electron chi connectivity index (χ2n) is 3.86. The van der Waals surface area contributed by atoms with Gasteiger partial charge in [-0.1, -0.05) is 5.92 Å². The maximum atomic E-state index is 11.5. The summed E-state index contributed by atoms with van der Waals surface area (Å²) in [5, 5.41) is 2.43. The van der Waals surface area contributed by atoms with Gasteiger partial charge in [0.05, 0.1) is 26.7 Å². The molecule has 0 aliphatic heterocycles. The van der Waals surface area contributed by atoms with Gasteiger partial charge in [0.15, 0.2) is 0 Å². The van der Waals surface area contributed by atoms with E-state index in [4.69, 9.17) is 6.42 Å². The van der Waals surface area contributed by atoms with Crippen molar-refractivity contribution in [3.8, 4) is 12.3 Å². The summed E-state index contributed by atoms with van der Waals surface area (Å²) in [5.74, 6) is -1.51. The van der Waals surface area contributed by atoms with Crippen LogP contribution in [0, 0.1) is 18.3 Å². The molecule has 0 spiro atoms. The Kier molecular flexibility index (Phi) is 8.43. The third-order valence-electron chi connectivity index (χ3n) is 2.49. The molecule has 0 aromatic rings. The fourth-order valence-corrected chi connectivity index (χ4v) is 1.43. The quantitative estimate of drug-likeness (QED) is 0.364. The molecule has 20 heavy (non-hydrogen) atoms. The third kappa shape index (κ3) is 6.54. The highest BCUT2D eigenvalue weighted by atomic mass is 16.5. The maximum Gasteiger partial charge on any atom is 0.374 e. The number of Topliss-reactive ketones (excluding diaryl/α,β-unsaturated/α-hetero) is 1. The Morgan fingerprint density at radius 2 is 1.85 bits per heavy atom. The van der Waals surface area contributed by atoms with Crippen LogP contribution >= 0.6 is 0 Å². The van der Waals surface area contributed by atoms with E-state index in [-0.39, 0.29) is 31.7 Å². The number of ether oxygens (including phenoxy) is 2. The van der Waals surface area contributed by atoms with E-state index in [1.54, 1.807) is 0 Å². The molecule has 0 aromatic heterocycles. The fourth-order valence-electron chi connectivity index (χ4n) is 1.43. The molecule has 1 unspecified atom stereocenters. The summed E-state index contributed by atoms with van der Waals surface area (Å²) < 4.78 is 8.80. The van der Waals surface area contributed by atoms with E-state index >= 15 is 0 Å². The Balaban J connectivity index is 4.48. The van der Waals surface area contributed by atoms with Crippen molar-refractivity contribution in [3.05, 3.63) is 0 Å². The van der Waals surface area contributed by atoms with Gasteiger partial charge in [0.25, 0.3) is 0 Å². The Morgan fingerprint density at radius 3 is 2.35 bits per heavy atom. The van der Waals surface area contributed by atoms with Gasteiger partial charge >= 0.3 is 11.9 Å². The molecule has 0 fully saturated rings. The minimum atomic E-state index is -1.03. The van der Waals surface area contributed by atoms with E-state index in [2.05, 4.69) is 20.7 Å². The molecule has 1 atom stereocenters. The number of hydrogen-bond donors (Lipinski definition) is 1. The molecule has 0 aliphatic rings. The number of esters is 2. The van der Waals surface area contributed by atoms with Crippen LogP contribution in [0.25, 0.3) is 0 Å². The number of rotatable bonds is 8. The van der Waals surface area contributed by atoms with Gasteiger partial charge in [-0.2, -0.15) is 0 Å². The minimum Gasteiger partial charge on any atom is -0.469 e. The summed E-state index contributed by atoms with van der Waals surface area (Å²) in [6.45, 7) is 0.0861. The predicted octanol–water partition coefficient (Wildman–Crippen LogP) is -0.563. The van der Waals surface area contributed by atoms with E-state index < -0.39 is 23.6 Å². The fraction of sp³-hybridized carbons (Fsp3) is 0.538. The number of carbonyl (C=O) groups is 4. The lowest BCUT2D eigenvalue weighted by Gasteiger charge is -2.12. The van der Waals surface area contributed by atoms with Crippen molar-refractivity contribution in [2.75, 3.05) is 20.8 Å². The first kappa shape index (κ1) is 17.6. The van der Waals surface area contributed by atoms with Gasteiger partial charge in [-0.25, -0.2) is 4.79 Å². The molecule has 1 N–H and O–H groups in total. The first-order chi connectivity index (χ1) is 9.46. The SMILES string of the molecule is C#CCNC(=O)CCC(CC(=O)C(=O)OC)C(=O)OC. The van der Waals surface area contributed by atoms with Crippen LogP contribution in [-0.4, -0.2) is 44.4 Å². The van der Waals surface area contributed by atoms with Crippen LogP contribution in [0.5, 0.6) is 0 Å². The number of carbonyl (C=O) groups excluding carboxylic acids is 4. The second-order valence-corrected chi connectivity index (χ2v) is 3.86. The average molecular weight is 283 g/mol. The molecule has 0 saturated heterocycles. The second kappa shape index (κ2) is 9.55. The molecule has 0 aliphatic carbocycles. The first-order valence-corrected chi connectivity index (χ1v) is 5.85. The lowest BCUT2D eigenvalue weighted by Crippen LogP contribution is -2.28. The molecule has 0 rings (SSSR count). The zero-order chi connectivity index (χ0) is 15.5. The average Bonchev–Trinajstić information content (AvgIpc) is 2.46. The van der Waals surface area contributed by atoms with E-state index in [0.29, 0.717) is 0 Å². The lowest BCUT2D eigenvalue weighted by molar-refractivity contribution is -0.154. The number of hydrogen-bond acceptors (Lipinski definition) is 6. The van der Waals surface area contributed by atoms with Gasteiger partial charge in [-0.05, 0) is 6.42 Å². The molecular formula is C13H17NO6. The van der Waals surface area contributed by atoms with Gasteiger partial charge in [-0.15, -0.1) is 6.42 Å². The van der Waals surface area contributed by atoms with Gasteiger partial charge in [-0.3, -0.25) is 14.4 Å². The molecular weight excluding hydrogens is 266 g/mol. The van der Waals surface area contributed by atoms with Crippen molar-refractivity contribution < 1.29 is 28.7 Å². The maximum absolute atomic E-state index is 11.5. The highest BCUT2D eigenvalue weighted by molar-refractivity contribution is 6.33. The Morgan fingerprint density at radius 1 is 1.20 bits per heavy atom. The summed E-state index contributed by atoms with van der Waals surface area (Å²) >= 11 is 0. The Labute approximate surface area is 117 Å². The molecule has 0 aromatic carbocycles. The van der Waals surface area contributed by atoms with Crippen LogP contribution in [0.4, 0.5) is 0 Å². The molecule has 0 heterocycles. The number of methoxy groups -OCH3 is 2. The van der Waals surface area contributed by atoms with Crippen molar-refractivity contribution >= 4 is 23.6 Å². The van der Waals surface area contributed by atoms with E-state index in [1.807, 2.05) is 0 Å². The lowest BCUT2D eigenvalue weighted by atomic mass is 9.97. The smallest absolute Gasteiger partial charge is 0.374 e. The van der Waals surface area contributed by atoms with Crippen molar-refractivity contribution in [1.29, 1.82) is 0 Å². The Bertz CT molecular complexity index is 423. The molecule has 0 bridgehead atoms. The van der Waals surface area contributed by atoms with E-state index in [1.165, 1.54) is 0 Å². The predicted molar refractivity (Wildman–Crippen MR) is 68.2 cm³/mol. The number of ketones is 1. The summed E-state index contributed by atoms with van der Waals surface area (Å²) in [6.07, 6.45) is 4.69. The topological polar surface area (TPSA) is 98.8 Å². The monoisotopic (exact) mass is 283 g/mol. The summed E-state index contributed by atoms with van der Waals surface area (Å²) in [5.41, 5.74) is 0. The highest BCUT2D eigenvalue weighted by Gasteiger charge is 2.27. The number of nitrogens with one attached hydrogen (secondary N) is 1. The minimum absolute atomic E-state index is 0.00407.